The first kappa shape index (κ1) is 17.4. The Kier molecular flexibility index (Phi) is 4.05. The molecule has 140 valence electrons. The van der Waals surface area contributed by atoms with Crippen LogP contribution >= 0.6 is 0 Å². The number of hydrogen-bond acceptors (Lipinski definition) is 6. The lowest BCUT2D eigenvalue weighted by atomic mass is 10.00. The Morgan fingerprint density at radius 2 is 2.04 bits per heavy atom. The largest absolute Gasteiger partial charge is 0.369 e. The van der Waals surface area contributed by atoms with Crippen LogP contribution in [0.3, 0.4) is 0 Å². The third kappa shape index (κ3) is 2.90. The number of amides is 2. The summed E-state index contributed by atoms with van der Waals surface area (Å²) in [7, 11) is 3.89. The number of rotatable bonds is 4. The topological polar surface area (TPSA) is 105 Å². The number of fused-ring (bicyclic) bond motifs is 1. The van der Waals surface area contributed by atoms with Gasteiger partial charge in [-0.05, 0) is 31.4 Å². The fraction of sp³-hybridized carbons (Fsp3) is 0.421. The van der Waals surface area contributed by atoms with Gasteiger partial charge in [-0.25, -0.2) is 9.97 Å². The number of nitrogens with zero attached hydrogens (tertiary/aromatic N) is 5. The van der Waals surface area contributed by atoms with Crippen molar-refractivity contribution in [3.8, 4) is 11.4 Å². The van der Waals surface area contributed by atoms with Gasteiger partial charge in [0.25, 0.3) is 0 Å². The summed E-state index contributed by atoms with van der Waals surface area (Å²) < 4.78 is 0. The molecular weight excluding hydrogens is 344 g/mol. The van der Waals surface area contributed by atoms with E-state index >= 15 is 0 Å². The molecule has 0 atom stereocenters. The van der Waals surface area contributed by atoms with Gasteiger partial charge >= 0.3 is 0 Å². The predicted molar refractivity (Wildman–Crippen MR) is 99.6 cm³/mol. The Hall–Kier alpha value is -3.03. The third-order valence-electron chi connectivity index (χ3n) is 5.30. The van der Waals surface area contributed by atoms with Crippen LogP contribution in [-0.2, 0) is 22.6 Å². The molecule has 1 aliphatic heterocycles. The molecule has 0 saturated heterocycles. The summed E-state index contributed by atoms with van der Waals surface area (Å²) in [6.45, 7) is 0.900. The van der Waals surface area contributed by atoms with Gasteiger partial charge in [0.15, 0.2) is 5.82 Å². The van der Waals surface area contributed by atoms with Crippen LogP contribution in [0.25, 0.3) is 11.4 Å². The highest BCUT2D eigenvalue weighted by molar-refractivity contribution is 6.07. The molecule has 0 unspecified atom stereocenters. The molecule has 0 spiro atoms. The molecule has 0 bridgehead atoms. The quantitative estimate of drug-likeness (QED) is 0.801. The van der Waals surface area contributed by atoms with Crippen molar-refractivity contribution >= 4 is 17.6 Å². The maximum absolute atomic E-state index is 12.9. The van der Waals surface area contributed by atoms with Crippen molar-refractivity contribution in [2.45, 2.75) is 25.8 Å². The number of hydrogen-bond donors (Lipinski definition) is 1. The van der Waals surface area contributed by atoms with Crippen molar-refractivity contribution in [1.82, 2.24) is 19.9 Å². The van der Waals surface area contributed by atoms with Crippen LogP contribution in [0.2, 0.25) is 0 Å². The summed E-state index contributed by atoms with van der Waals surface area (Å²) in [4.78, 5) is 41.8. The highest BCUT2D eigenvalue weighted by Gasteiger charge is 2.57. The zero-order chi connectivity index (χ0) is 19.2. The second-order valence-corrected chi connectivity index (χ2v) is 7.36. The maximum Gasteiger partial charge on any atom is 0.238 e. The second-order valence-electron chi connectivity index (χ2n) is 7.36. The van der Waals surface area contributed by atoms with Gasteiger partial charge in [-0.1, -0.05) is 0 Å². The Morgan fingerprint density at radius 1 is 1.26 bits per heavy atom. The van der Waals surface area contributed by atoms with Crippen LogP contribution in [-0.4, -0.2) is 52.3 Å². The molecule has 4 rings (SSSR count). The average molecular weight is 366 g/mol. The lowest BCUT2D eigenvalue weighted by molar-refractivity contribution is -0.143. The maximum atomic E-state index is 12.9. The Morgan fingerprint density at radius 3 is 2.63 bits per heavy atom. The minimum atomic E-state index is -0.999. The summed E-state index contributed by atoms with van der Waals surface area (Å²) in [6, 6.07) is 3.75. The van der Waals surface area contributed by atoms with Crippen molar-refractivity contribution in [3.05, 3.63) is 35.8 Å². The van der Waals surface area contributed by atoms with Crippen LogP contribution in [0.5, 0.6) is 0 Å². The number of primary amides is 1. The van der Waals surface area contributed by atoms with Crippen LogP contribution in [0.15, 0.2) is 24.5 Å². The first-order valence-corrected chi connectivity index (χ1v) is 8.99. The number of carbonyl (C=O) groups excluding carboxylic acids is 2. The summed E-state index contributed by atoms with van der Waals surface area (Å²) in [6.07, 6.45) is 5.15. The SMILES string of the molecule is CN(C)c1nc(-c2cccnc2)nc2c1CCN(C(=O)C1(C(N)=O)CC1)C2. The molecule has 1 aliphatic carbocycles. The van der Waals surface area contributed by atoms with Gasteiger partial charge in [0.05, 0.1) is 12.2 Å². The third-order valence-corrected chi connectivity index (χ3v) is 5.30. The van der Waals surface area contributed by atoms with Gasteiger partial charge in [-0.3, -0.25) is 14.6 Å². The van der Waals surface area contributed by atoms with Crippen LogP contribution in [0, 0.1) is 5.41 Å². The lowest BCUT2D eigenvalue weighted by Crippen LogP contribution is -2.46. The standard InChI is InChI=1S/C19H22N6O2/c1-24(2)16-13-5-9-25(18(27)19(6-7-19)17(20)26)11-14(13)22-15(23-16)12-4-3-8-21-10-12/h3-4,8,10H,5-7,9,11H2,1-2H3,(H2,20,26). The average Bonchev–Trinajstić information content (AvgIpc) is 3.48. The highest BCUT2D eigenvalue weighted by atomic mass is 16.2. The Balaban J connectivity index is 1.71. The monoisotopic (exact) mass is 366 g/mol. The number of nitrogens with two attached hydrogens (primary N) is 1. The minimum Gasteiger partial charge on any atom is -0.369 e. The fourth-order valence-electron chi connectivity index (χ4n) is 3.57. The number of carbonyl (C=O) groups is 2. The van der Waals surface area contributed by atoms with E-state index in [4.69, 9.17) is 15.7 Å². The van der Waals surface area contributed by atoms with Crippen molar-refractivity contribution in [2.24, 2.45) is 11.1 Å². The zero-order valence-electron chi connectivity index (χ0n) is 15.5. The molecule has 8 nitrogen and oxygen atoms in total. The molecule has 1 fully saturated rings. The Labute approximate surface area is 157 Å². The molecule has 0 radical (unpaired) electrons. The van der Waals surface area contributed by atoms with Crippen molar-refractivity contribution in [1.29, 1.82) is 0 Å². The van der Waals surface area contributed by atoms with Gasteiger partial charge in [-0.15, -0.1) is 0 Å². The van der Waals surface area contributed by atoms with Gasteiger partial charge in [-0.2, -0.15) is 0 Å². The minimum absolute atomic E-state index is 0.173. The van der Waals surface area contributed by atoms with Gasteiger partial charge in [0, 0.05) is 44.2 Å². The molecule has 2 N–H and O–H groups in total. The van der Waals surface area contributed by atoms with Gasteiger partial charge < -0.3 is 15.5 Å². The molecule has 3 heterocycles. The van der Waals surface area contributed by atoms with E-state index in [1.807, 2.05) is 31.1 Å². The fourth-order valence-corrected chi connectivity index (χ4v) is 3.57. The molecule has 2 aromatic heterocycles. The van der Waals surface area contributed by atoms with Crippen LogP contribution in [0.1, 0.15) is 24.1 Å². The molecule has 0 aromatic carbocycles. The first-order valence-electron chi connectivity index (χ1n) is 8.99. The van der Waals surface area contributed by atoms with E-state index in [0.29, 0.717) is 38.2 Å². The summed E-state index contributed by atoms with van der Waals surface area (Å²) in [5, 5.41) is 0. The Bertz CT molecular complexity index is 908. The van der Waals surface area contributed by atoms with E-state index in [1.54, 1.807) is 17.3 Å². The molecule has 27 heavy (non-hydrogen) atoms. The molecular formula is C19H22N6O2. The predicted octanol–water partition coefficient (Wildman–Crippen LogP) is 0.755. The molecule has 2 aliphatic rings. The highest BCUT2D eigenvalue weighted by Crippen LogP contribution is 2.47. The number of anilines is 1. The van der Waals surface area contributed by atoms with E-state index in [-0.39, 0.29) is 5.91 Å². The van der Waals surface area contributed by atoms with E-state index in [0.717, 1.165) is 22.6 Å². The van der Waals surface area contributed by atoms with E-state index in [1.165, 1.54) is 0 Å². The smallest absolute Gasteiger partial charge is 0.238 e. The number of pyridine rings is 1. The van der Waals surface area contributed by atoms with E-state index < -0.39 is 11.3 Å². The normalized spacial score (nSPS) is 17.2. The van der Waals surface area contributed by atoms with E-state index in [2.05, 4.69) is 4.98 Å². The molecule has 2 aromatic rings. The van der Waals surface area contributed by atoms with Crippen molar-refractivity contribution in [2.75, 3.05) is 25.5 Å². The van der Waals surface area contributed by atoms with Gasteiger partial charge in [0.1, 0.15) is 11.2 Å². The van der Waals surface area contributed by atoms with Crippen molar-refractivity contribution in [3.63, 3.8) is 0 Å². The first-order chi connectivity index (χ1) is 12.9. The van der Waals surface area contributed by atoms with Crippen LogP contribution < -0.4 is 10.6 Å². The molecule has 1 saturated carbocycles. The summed E-state index contributed by atoms with van der Waals surface area (Å²) in [5.74, 6) is 0.734. The van der Waals surface area contributed by atoms with Gasteiger partial charge in [0.2, 0.25) is 11.8 Å². The van der Waals surface area contributed by atoms with Crippen molar-refractivity contribution < 1.29 is 9.59 Å². The van der Waals surface area contributed by atoms with Crippen LogP contribution in [0.4, 0.5) is 5.82 Å². The van der Waals surface area contributed by atoms with E-state index in [9.17, 15) is 9.59 Å². The lowest BCUT2D eigenvalue weighted by Gasteiger charge is -2.32. The zero-order valence-corrected chi connectivity index (χ0v) is 15.5. The number of aromatic nitrogens is 3. The summed E-state index contributed by atoms with van der Waals surface area (Å²) in [5.41, 5.74) is 7.15. The molecule has 2 amide bonds. The molecule has 8 heteroatoms. The summed E-state index contributed by atoms with van der Waals surface area (Å²) >= 11 is 0. The second kappa shape index (κ2) is 6.29.